The molecule has 3 heterocycles. The van der Waals surface area contributed by atoms with Crippen LogP contribution in [0, 0.1) is 12.7 Å². The Hall–Kier alpha value is -2.96. The number of carbonyl (C=O) groups is 1. The van der Waals surface area contributed by atoms with Gasteiger partial charge >= 0.3 is 0 Å². The van der Waals surface area contributed by atoms with Crippen LogP contribution >= 0.6 is 0 Å². The van der Waals surface area contributed by atoms with E-state index in [9.17, 15) is 9.18 Å². The summed E-state index contributed by atoms with van der Waals surface area (Å²) in [5.74, 6) is 1.31. The van der Waals surface area contributed by atoms with Crippen molar-refractivity contribution in [3.63, 3.8) is 0 Å². The fourth-order valence-corrected chi connectivity index (χ4v) is 3.39. The van der Waals surface area contributed by atoms with E-state index in [4.69, 9.17) is 8.94 Å². The number of benzene rings is 1. The first kappa shape index (κ1) is 17.5. The van der Waals surface area contributed by atoms with Crippen LogP contribution in [0.3, 0.4) is 0 Å². The molecule has 0 radical (unpaired) electrons. The van der Waals surface area contributed by atoms with Crippen molar-refractivity contribution in [1.29, 1.82) is 0 Å². The minimum absolute atomic E-state index is 0.164. The number of hydrogen-bond acceptors (Lipinski definition) is 5. The van der Waals surface area contributed by atoms with Crippen molar-refractivity contribution >= 4 is 5.91 Å². The van der Waals surface area contributed by atoms with Gasteiger partial charge in [-0.15, -0.1) is 0 Å². The Morgan fingerprint density at radius 1 is 1.15 bits per heavy atom. The summed E-state index contributed by atoms with van der Waals surface area (Å²) in [6, 6.07) is 9.08. The number of furan rings is 1. The Bertz CT molecular complexity index is 932. The van der Waals surface area contributed by atoms with Gasteiger partial charge in [-0.1, -0.05) is 18.0 Å². The first-order valence-electron chi connectivity index (χ1n) is 9.09. The van der Waals surface area contributed by atoms with E-state index in [0.717, 1.165) is 25.7 Å². The average Bonchev–Trinajstić information content (AvgIpc) is 3.25. The van der Waals surface area contributed by atoms with Crippen molar-refractivity contribution in [2.75, 3.05) is 6.54 Å². The number of halogens is 1. The normalized spacial score (nSPS) is 17.7. The van der Waals surface area contributed by atoms with E-state index in [1.54, 1.807) is 29.2 Å². The zero-order chi connectivity index (χ0) is 18.8. The summed E-state index contributed by atoms with van der Waals surface area (Å²) >= 11 is 0. The molecule has 1 aliphatic rings. The lowest BCUT2D eigenvalue weighted by Crippen LogP contribution is -2.35. The fourth-order valence-electron chi connectivity index (χ4n) is 3.39. The summed E-state index contributed by atoms with van der Waals surface area (Å²) in [6.07, 6.45) is 3.70. The SMILES string of the molecule is Cc1ccc(C(=O)N2CCCCCC2c2noc(-c3ccc(F)cc3)n2)o1. The number of aryl methyl sites for hydroxylation is 1. The van der Waals surface area contributed by atoms with Crippen molar-refractivity contribution in [3.05, 3.63) is 59.6 Å². The lowest BCUT2D eigenvalue weighted by atomic mass is 10.1. The predicted octanol–water partition coefficient (Wildman–Crippen LogP) is 4.53. The van der Waals surface area contributed by atoms with Gasteiger partial charge in [0.2, 0.25) is 0 Å². The van der Waals surface area contributed by atoms with Gasteiger partial charge in [0.1, 0.15) is 11.6 Å². The molecule has 1 amide bonds. The van der Waals surface area contributed by atoms with Crippen molar-refractivity contribution in [1.82, 2.24) is 15.0 Å². The molecule has 140 valence electrons. The van der Waals surface area contributed by atoms with Gasteiger partial charge in [-0.2, -0.15) is 4.98 Å². The highest BCUT2D eigenvalue weighted by Gasteiger charge is 2.32. The largest absolute Gasteiger partial charge is 0.456 e. The van der Waals surface area contributed by atoms with Crippen LogP contribution in [0.1, 0.15) is 53.9 Å². The molecule has 3 aromatic rings. The van der Waals surface area contributed by atoms with Gasteiger partial charge in [0.05, 0.1) is 6.04 Å². The van der Waals surface area contributed by atoms with E-state index in [-0.39, 0.29) is 17.8 Å². The number of rotatable bonds is 3. The zero-order valence-corrected chi connectivity index (χ0v) is 15.0. The van der Waals surface area contributed by atoms with Crippen molar-refractivity contribution in [2.45, 2.75) is 38.6 Å². The summed E-state index contributed by atoms with van der Waals surface area (Å²) in [5, 5.41) is 4.11. The van der Waals surface area contributed by atoms with E-state index >= 15 is 0 Å². The number of likely N-dealkylation sites (tertiary alicyclic amines) is 1. The molecule has 0 aliphatic carbocycles. The Kier molecular flexibility index (Phi) is 4.75. The summed E-state index contributed by atoms with van der Waals surface area (Å²) in [6.45, 7) is 2.43. The second-order valence-corrected chi connectivity index (χ2v) is 6.74. The third-order valence-corrected chi connectivity index (χ3v) is 4.80. The minimum Gasteiger partial charge on any atom is -0.456 e. The number of aromatic nitrogens is 2. The zero-order valence-electron chi connectivity index (χ0n) is 15.0. The summed E-state index contributed by atoms with van der Waals surface area (Å²) in [7, 11) is 0. The van der Waals surface area contributed by atoms with E-state index in [1.807, 2.05) is 6.92 Å². The molecular weight excluding hydrogens is 349 g/mol. The summed E-state index contributed by atoms with van der Waals surface area (Å²) < 4.78 is 24.0. The lowest BCUT2D eigenvalue weighted by molar-refractivity contribution is 0.0636. The van der Waals surface area contributed by atoms with Crippen LogP contribution in [0.15, 0.2) is 45.3 Å². The number of carbonyl (C=O) groups excluding carboxylic acids is 1. The van der Waals surface area contributed by atoms with Crippen LogP contribution in [0.4, 0.5) is 4.39 Å². The van der Waals surface area contributed by atoms with Gasteiger partial charge in [0.15, 0.2) is 11.6 Å². The lowest BCUT2D eigenvalue weighted by Gasteiger charge is -2.26. The van der Waals surface area contributed by atoms with E-state index in [2.05, 4.69) is 10.1 Å². The van der Waals surface area contributed by atoms with Gasteiger partial charge < -0.3 is 13.8 Å². The first-order valence-corrected chi connectivity index (χ1v) is 9.09. The molecule has 6 nitrogen and oxygen atoms in total. The molecule has 2 aromatic heterocycles. The highest BCUT2D eigenvalue weighted by atomic mass is 19.1. The molecule has 0 N–H and O–H groups in total. The smallest absolute Gasteiger partial charge is 0.290 e. The maximum Gasteiger partial charge on any atom is 0.290 e. The molecule has 4 rings (SSSR count). The van der Waals surface area contributed by atoms with Gasteiger partial charge in [-0.25, -0.2) is 4.39 Å². The molecule has 0 spiro atoms. The summed E-state index contributed by atoms with van der Waals surface area (Å²) in [4.78, 5) is 19.2. The number of amides is 1. The van der Waals surface area contributed by atoms with E-state index in [1.165, 1.54) is 12.1 Å². The molecule has 1 aliphatic heterocycles. The molecule has 1 aromatic carbocycles. The second-order valence-electron chi connectivity index (χ2n) is 6.74. The fraction of sp³-hybridized carbons (Fsp3) is 0.350. The summed E-state index contributed by atoms with van der Waals surface area (Å²) in [5.41, 5.74) is 0.642. The van der Waals surface area contributed by atoms with Gasteiger partial charge in [-0.3, -0.25) is 4.79 Å². The molecule has 1 atom stereocenters. The maximum absolute atomic E-state index is 13.1. The minimum atomic E-state index is -0.326. The Labute approximate surface area is 156 Å². The molecule has 27 heavy (non-hydrogen) atoms. The predicted molar refractivity (Wildman–Crippen MR) is 95.4 cm³/mol. The van der Waals surface area contributed by atoms with Crippen LogP contribution in [0.5, 0.6) is 0 Å². The third-order valence-electron chi connectivity index (χ3n) is 4.80. The molecule has 1 saturated heterocycles. The number of hydrogen-bond donors (Lipinski definition) is 0. The van der Waals surface area contributed by atoms with Gasteiger partial charge in [0, 0.05) is 12.1 Å². The monoisotopic (exact) mass is 369 g/mol. The Morgan fingerprint density at radius 3 is 2.70 bits per heavy atom. The van der Waals surface area contributed by atoms with Crippen LogP contribution in [0.2, 0.25) is 0 Å². The highest BCUT2D eigenvalue weighted by molar-refractivity contribution is 5.91. The molecule has 0 saturated carbocycles. The average molecular weight is 369 g/mol. The van der Waals surface area contributed by atoms with Crippen molar-refractivity contribution in [3.8, 4) is 11.5 Å². The molecule has 0 bridgehead atoms. The number of nitrogens with zero attached hydrogens (tertiary/aromatic N) is 3. The molecule has 1 fully saturated rings. The van der Waals surface area contributed by atoms with Crippen molar-refractivity contribution in [2.24, 2.45) is 0 Å². The second kappa shape index (κ2) is 7.34. The van der Waals surface area contributed by atoms with Crippen LogP contribution < -0.4 is 0 Å². The van der Waals surface area contributed by atoms with Crippen LogP contribution in [-0.4, -0.2) is 27.5 Å². The third kappa shape index (κ3) is 3.63. The standard InChI is InChI=1S/C20H20FN3O3/c1-13-6-11-17(26-13)20(25)24-12-4-2-3-5-16(24)18-22-19(27-23-18)14-7-9-15(21)10-8-14/h6-11,16H,2-5,12H2,1H3. The van der Waals surface area contributed by atoms with E-state index in [0.29, 0.717) is 35.3 Å². The maximum atomic E-state index is 13.1. The van der Waals surface area contributed by atoms with Crippen molar-refractivity contribution < 1.29 is 18.1 Å². The van der Waals surface area contributed by atoms with Gasteiger partial charge in [-0.05, 0) is 56.2 Å². The Morgan fingerprint density at radius 2 is 1.96 bits per heavy atom. The Balaban J connectivity index is 1.63. The topological polar surface area (TPSA) is 72.4 Å². The van der Waals surface area contributed by atoms with Crippen LogP contribution in [0.25, 0.3) is 11.5 Å². The highest BCUT2D eigenvalue weighted by Crippen LogP contribution is 2.31. The first-order chi connectivity index (χ1) is 13.1. The quantitative estimate of drug-likeness (QED) is 0.678. The van der Waals surface area contributed by atoms with Gasteiger partial charge in [0.25, 0.3) is 11.8 Å². The van der Waals surface area contributed by atoms with E-state index < -0.39 is 0 Å². The van der Waals surface area contributed by atoms with Crippen LogP contribution in [-0.2, 0) is 0 Å². The molecule has 7 heteroatoms. The molecule has 1 unspecified atom stereocenters. The molecular formula is C20H20FN3O3.